The molecule has 154 valence electrons. The Bertz CT molecular complexity index is 924. The first-order valence-corrected chi connectivity index (χ1v) is 11.0. The number of quaternary nitrogens is 1. The second-order valence-corrected chi connectivity index (χ2v) is 8.41. The van der Waals surface area contributed by atoms with Crippen molar-refractivity contribution in [2.45, 2.75) is 26.2 Å². The maximum absolute atomic E-state index is 13.1. The van der Waals surface area contributed by atoms with Crippen LogP contribution in [0.4, 0.5) is 5.13 Å². The van der Waals surface area contributed by atoms with Crippen LogP contribution in [0.2, 0.25) is 0 Å². The molecule has 1 aromatic heterocycles. The van der Waals surface area contributed by atoms with Crippen molar-refractivity contribution < 1.29 is 14.4 Å². The summed E-state index contributed by atoms with van der Waals surface area (Å²) < 4.78 is 6.65. The summed E-state index contributed by atoms with van der Waals surface area (Å²) in [6.45, 7) is 4.31. The number of benzene rings is 2. The molecule has 0 saturated heterocycles. The molecule has 0 aliphatic carbocycles. The van der Waals surface area contributed by atoms with Crippen molar-refractivity contribution in [3.05, 3.63) is 54.1 Å². The van der Waals surface area contributed by atoms with E-state index in [1.54, 1.807) is 11.3 Å². The normalized spacial score (nSPS) is 11.2. The van der Waals surface area contributed by atoms with Crippen molar-refractivity contribution in [3.63, 3.8) is 0 Å². The van der Waals surface area contributed by atoms with Crippen molar-refractivity contribution in [2.24, 2.45) is 0 Å². The van der Waals surface area contributed by atoms with Gasteiger partial charge in [0, 0.05) is 19.4 Å². The van der Waals surface area contributed by atoms with Crippen LogP contribution >= 0.6 is 11.3 Å². The predicted molar refractivity (Wildman–Crippen MR) is 120 cm³/mol. The van der Waals surface area contributed by atoms with Gasteiger partial charge in [0.15, 0.2) is 5.13 Å². The van der Waals surface area contributed by atoms with Crippen molar-refractivity contribution in [2.75, 3.05) is 38.7 Å². The molecular weight excluding hydrogens is 382 g/mol. The van der Waals surface area contributed by atoms with Gasteiger partial charge < -0.3 is 9.64 Å². The van der Waals surface area contributed by atoms with E-state index in [9.17, 15) is 4.79 Å². The van der Waals surface area contributed by atoms with E-state index in [1.807, 2.05) is 48.2 Å². The first kappa shape index (κ1) is 21.3. The first-order chi connectivity index (χ1) is 14.1. The lowest BCUT2D eigenvalue weighted by Crippen LogP contribution is -3.05. The van der Waals surface area contributed by atoms with Crippen LogP contribution in [0.3, 0.4) is 0 Å². The van der Waals surface area contributed by atoms with E-state index in [0.717, 1.165) is 40.5 Å². The molecule has 0 atom stereocenters. The van der Waals surface area contributed by atoms with Gasteiger partial charge in [-0.25, -0.2) is 4.98 Å². The topological polar surface area (TPSA) is 46.9 Å². The zero-order valence-electron chi connectivity index (χ0n) is 17.5. The van der Waals surface area contributed by atoms with E-state index in [2.05, 4.69) is 26.2 Å². The highest BCUT2D eigenvalue weighted by Gasteiger charge is 2.20. The van der Waals surface area contributed by atoms with Crippen LogP contribution in [-0.2, 0) is 11.2 Å². The highest BCUT2D eigenvalue weighted by molar-refractivity contribution is 7.22. The fourth-order valence-corrected chi connectivity index (χ4v) is 4.25. The molecule has 3 rings (SSSR count). The molecule has 0 aliphatic heterocycles. The SMILES string of the molecule is CCOc1ccc2nc(N(CCC[NH+](C)C)C(=O)CCc3ccccc3)sc2c1. The van der Waals surface area contributed by atoms with Gasteiger partial charge in [0.2, 0.25) is 5.91 Å². The van der Waals surface area contributed by atoms with Crippen LogP contribution in [-0.4, -0.2) is 44.7 Å². The smallest absolute Gasteiger partial charge is 0.229 e. The standard InChI is InChI=1S/C23H29N3O2S/c1-4-28-19-12-13-20-21(17-19)29-23(24-20)26(16-8-15-25(2)3)22(27)14-11-18-9-6-5-7-10-18/h5-7,9-10,12-13,17H,4,8,11,14-16H2,1-3H3/p+1. The Labute approximate surface area is 176 Å². The van der Waals surface area contributed by atoms with Crippen molar-refractivity contribution in [3.8, 4) is 5.75 Å². The number of hydrogen-bond donors (Lipinski definition) is 1. The van der Waals surface area contributed by atoms with Crippen molar-refractivity contribution in [1.82, 2.24) is 4.98 Å². The quantitative estimate of drug-likeness (QED) is 0.556. The monoisotopic (exact) mass is 412 g/mol. The summed E-state index contributed by atoms with van der Waals surface area (Å²) in [6.07, 6.45) is 2.17. The summed E-state index contributed by atoms with van der Waals surface area (Å²) in [5, 5.41) is 0.778. The molecular formula is C23H30N3O2S+. The number of anilines is 1. The molecule has 6 heteroatoms. The van der Waals surface area contributed by atoms with Crippen LogP contribution in [0.25, 0.3) is 10.2 Å². The van der Waals surface area contributed by atoms with Crippen LogP contribution in [0.15, 0.2) is 48.5 Å². The minimum Gasteiger partial charge on any atom is -0.494 e. The molecule has 5 nitrogen and oxygen atoms in total. The Kier molecular flexibility index (Phi) is 7.61. The predicted octanol–water partition coefficient (Wildman–Crippen LogP) is 3.20. The Morgan fingerprint density at radius 3 is 2.69 bits per heavy atom. The number of amides is 1. The molecule has 2 aromatic carbocycles. The molecule has 0 fully saturated rings. The molecule has 1 N–H and O–H groups in total. The van der Waals surface area contributed by atoms with Gasteiger partial charge in [0.05, 0.1) is 37.5 Å². The van der Waals surface area contributed by atoms with Crippen LogP contribution < -0.4 is 14.5 Å². The van der Waals surface area contributed by atoms with Crippen LogP contribution in [0.5, 0.6) is 5.75 Å². The highest BCUT2D eigenvalue weighted by atomic mass is 32.1. The minimum atomic E-state index is 0.131. The molecule has 0 radical (unpaired) electrons. The molecule has 0 bridgehead atoms. The third-order valence-corrected chi connectivity index (χ3v) is 5.76. The number of thiazole rings is 1. The number of hydrogen-bond acceptors (Lipinski definition) is 4. The summed E-state index contributed by atoms with van der Waals surface area (Å²) >= 11 is 1.56. The summed E-state index contributed by atoms with van der Waals surface area (Å²) in [5.41, 5.74) is 2.09. The summed E-state index contributed by atoms with van der Waals surface area (Å²) in [4.78, 5) is 21.1. The van der Waals surface area contributed by atoms with E-state index < -0.39 is 0 Å². The largest absolute Gasteiger partial charge is 0.494 e. The average molecular weight is 413 g/mol. The Balaban J connectivity index is 1.78. The van der Waals surface area contributed by atoms with Gasteiger partial charge in [-0.1, -0.05) is 41.7 Å². The highest BCUT2D eigenvalue weighted by Crippen LogP contribution is 2.32. The van der Waals surface area contributed by atoms with Crippen molar-refractivity contribution in [1.29, 1.82) is 0 Å². The van der Waals surface area contributed by atoms with Gasteiger partial charge in [-0.05, 0) is 37.1 Å². The molecule has 0 aliphatic rings. The third kappa shape index (κ3) is 6.02. The van der Waals surface area contributed by atoms with Gasteiger partial charge in [0.25, 0.3) is 0 Å². The lowest BCUT2D eigenvalue weighted by molar-refractivity contribution is -0.858. The number of rotatable bonds is 10. The Morgan fingerprint density at radius 1 is 1.17 bits per heavy atom. The van der Waals surface area contributed by atoms with Gasteiger partial charge in [0.1, 0.15) is 5.75 Å². The first-order valence-electron chi connectivity index (χ1n) is 10.2. The van der Waals surface area contributed by atoms with Crippen molar-refractivity contribution >= 4 is 32.6 Å². The number of nitrogens with one attached hydrogen (secondary N) is 1. The number of fused-ring (bicyclic) bond motifs is 1. The fourth-order valence-electron chi connectivity index (χ4n) is 3.21. The average Bonchev–Trinajstić information content (AvgIpc) is 3.13. The van der Waals surface area contributed by atoms with E-state index in [-0.39, 0.29) is 5.91 Å². The molecule has 3 aromatic rings. The Hall–Kier alpha value is -2.44. The maximum Gasteiger partial charge on any atom is 0.229 e. The molecule has 0 saturated carbocycles. The van der Waals surface area contributed by atoms with E-state index in [4.69, 9.17) is 9.72 Å². The fraction of sp³-hybridized carbons (Fsp3) is 0.391. The number of nitrogens with zero attached hydrogens (tertiary/aromatic N) is 2. The number of aromatic nitrogens is 1. The molecule has 0 spiro atoms. The van der Waals surface area contributed by atoms with Gasteiger partial charge in [-0.3, -0.25) is 9.69 Å². The van der Waals surface area contributed by atoms with Gasteiger partial charge in [-0.2, -0.15) is 0 Å². The van der Waals surface area contributed by atoms with Crippen LogP contribution in [0, 0.1) is 0 Å². The van der Waals surface area contributed by atoms with E-state index >= 15 is 0 Å². The number of aryl methyl sites for hydroxylation is 1. The number of carbonyl (C=O) groups excluding carboxylic acids is 1. The summed E-state index contributed by atoms with van der Waals surface area (Å²) in [7, 11) is 4.27. The van der Waals surface area contributed by atoms with Gasteiger partial charge in [-0.15, -0.1) is 0 Å². The second-order valence-electron chi connectivity index (χ2n) is 7.40. The van der Waals surface area contributed by atoms with Crippen LogP contribution in [0.1, 0.15) is 25.3 Å². The summed E-state index contributed by atoms with van der Waals surface area (Å²) in [6, 6.07) is 16.1. The molecule has 1 heterocycles. The van der Waals surface area contributed by atoms with Gasteiger partial charge >= 0.3 is 0 Å². The minimum absolute atomic E-state index is 0.131. The molecule has 29 heavy (non-hydrogen) atoms. The lowest BCUT2D eigenvalue weighted by Gasteiger charge is -2.20. The number of ether oxygens (including phenoxy) is 1. The van der Waals surface area contributed by atoms with E-state index in [0.29, 0.717) is 19.6 Å². The zero-order chi connectivity index (χ0) is 20.6. The lowest BCUT2D eigenvalue weighted by atomic mass is 10.1. The van der Waals surface area contributed by atoms with E-state index in [1.165, 1.54) is 10.5 Å². The molecule has 0 unspecified atom stereocenters. The summed E-state index contributed by atoms with van der Waals surface area (Å²) in [5.74, 6) is 0.972. The third-order valence-electron chi connectivity index (χ3n) is 4.72. The second kappa shape index (κ2) is 10.4. The molecule has 1 amide bonds. The zero-order valence-corrected chi connectivity index (χ0v) is 18.3. The number of carbonyl (C=O) groups is 1. The Morgan fingerprint density at radius 2 is 1.97 bits per heavy atom. The maximum atomic E-state index is 13.1.